The number of carboxylic acids is 1. The minimum absolute atomic E-state index is 0.215. The fourth-order valence-electron chi connectivity index (χ4n) is 2.15. The molecule has 0 aliphatic carbocycles. The maximum absolute atomic E-state index is 11.7. The lowest BCUT2D eigenvalue weighted by molar-refractivity contribution is -0.138. The van der Waals surface area contributed by atoms with E-state index in [1.165, 1.54) is 4.57 Å². The van der Waals surface area contributed by atoms with E-state index in [0.29, 0.717) is 6.41 Å². The fraction of sp³-hybridized carbons (Fsp3) is 0.214. The van der Waals surface area contributed by atoms with Crippen molar-refractivity contribution in [3.8, 4) is 0 Å². The topological polar surface area (TPSA) is 114 Å². The zero-order valence-electron chi connectivity index (χ0n) is 11.2. The molecule has 2 aromatic rings. The smallest absolute Gasteiger partial charge is 0.322 e. The van der Waals surface area contributed by atoms with Gasteiger partial charge in [0.05, 0.1) is 11.6 Å². The second-order valence-corrected chi connectivity index (χ2v) is 4.61. The first-order chi connectivity index (χ1) is 10.0. The third-order valence-electron chi connectivity index (χ3n) is 3.13. The monoisotopic (exact) mass is 289 g/mol. The first kappa shape index (κ1) is 14.7. The number of carboxylic acid groups (broad SMARTS) is 1. The Hall–Kier alpha value is -2.67. The average molecular weight is 289 g/mol. The number of fused-ring (bicyclic) bond motifs is 1. The molecule has 21 heavy (non-hydrogen) atoms. The average Bonchev–Trinajstić information content (AvgIpc) is 2.83. The van der Waals surface area contributed by atoms with Crippen LogP contribution < -0.4 is 11.1 Å². The summed E-state index contributed by atoms with van der Waals surface area (Å²) in [5.41, 5.74) is 7.27. The Balaban J connectivity index is 2.17. The van der Waals surface area contributed by atoms with Gasteiger partial charge >= 0.3 is 5.97 Å². The fourth-order valence-corrected chi connectivity index (χ4v) is 2.15. The van der Waals surface area contributed by atoms with E-state index in [-0.39, 0.29) is 6.42 Å². The number of carbonyl (C=O) groups is 3. The Bertz CT molecular complexity index is 693. The van der Waals surface area contributed by atoms with Gasteiger partial charge < -0.3 is 16.2 Å². The molecule has 0 radical (unpaired) electrons. The van der Waals surface area contributed by atoms with Gasteiger partial charge in [-0.3, -0.25) is 19.0 Å². The largest absolute Gasteiger partial charge is 0.480 e. The van der Waals surface area contributed by atoms with Crippen molar-refractivity contribution in [2.45, 2.75) is 12.5 Å². The summed E-state index contributed by atoms with van der Waals surface area (Å²) in [4.78, 5) is 33.1. The van der Waals surface area contributed by atoms with Gasteiger partial charge in [0, 0.05) is 11.6 Å². The van der Waals surface area contributed by atoms with E-state index in [1.807, 2.05) is 18.2 Å². The van der Waals surface area contributed by atoms with Crippen LogP contribution in [0.2, 0.25) is 0 Å². The second-order valence-electron chi connectivity index (χ2n) is 4.61. The summed E-state index contributed by atoms with van der Waals surface area (Å²) in [5, 5.41) is 11.6. The maximum Gasteiger partial charge on any atom is 0.322 e. The van der Waals surface area contributed by atoms with Crippen LogP contribution >= 0.6 is 0 Å². The molecule has 0 fully saturated rings. The number of para-hydroxylation sites is 1. The third-order valence-corrected chi connectivity index (χ3v) is 3.13. The summed E-state index contributed by atoms with van der Waals surface area (Å²) in [6.45, 7) is -0.470. The van der Waals surface area contributed by atoms with Gasteiger partial charge in [0.2, 0.25) is 12.3 Å². The van der Waals surface area contributed by atoms with Crippen molar-refractivity contribution in [1.29, 1.82) is 0 Å². The van der Waals surface area contributed by atoms with Crippen molar-refractivity contribution in [2.75, 3.05) is 6.54 Å². The number of carbonyl (C=O) groups excluding carboxylic acids is 2. The molecule has 1 aromatic carbocycles. The Morgan fingerprint density at radius 3 is 2.76 bits per heavy atom. The highest BCUT2D eigenvalue weighted by atomic mass is 16.4. The van der Waals surface area contributed by atoms with Crippen LogP contribution in [0.4, 0.5) is 0 Å². The first-order valence-corrected chi connectivity index (χ1v) is 6.31. The molecule has 7 nitrogen and oxygen atoms in total. The SMILES string of the molecule is N[C@@H](Cc1cn(C=O)c2ccccc12)C(=O)NCC(=O)O. The molecule has 0 saturated carbocycles. The van der Waals surface area contributed by atoms with E-state index in [0.717, 1.165) is 16.5 Å². The molecule has 0 aliphatic heterocycles. The molecular weight excluding hydrogens is 274 g/mol. The number of nitrogens with two attached hydrogens (primary N) is 1. The molecule has 1 heterocycles. The summed E-state index contributed by atoms with van der Waals surface area (Å²) in [7, 11) is 0. The molecule has 0 saturated heterocycles. The number of aliphatic carboxylic acids is 1. The predicted octanol–water partition coefficient (Wildman–Crippen LogP) is -0.250. The summed E-state index contributed by atoms with van der Waals surface area (Å²) < 4.78 is 1.42. The highest BCUT2D eigenvalue weighted by Gasteiger charge is 2.17. The van der Waals surface area contributed by atoms with Crippen LogP contribution in [0.1, 0.15) is 5.56 Å². The molecule has 4 N–H and O–H groups in total. The quantitative estimate of drug-likeness (QED) is 0.634. The summed E-state index contributed by atoms with van der Waals surface area (Å²) in [6, 6.07) is 6.40. The zero-order chi connectivity index (χ0) is 15.4. The molecule has 0 bridgehead atoms. The number of nitrogens with zero attached hydrogens (tertiary/aromatic N) is 1. The summed E-state index contributed by atoms with van der Waals surface area (Å²) >= 11 is 0. The lowest BCUT2D eigenvalue weighted by Gasteiger charge is -2.10. The minimum Gasteiger partial charge on any atom is -0.480 e. The molecule has 1 amide bonds. The zero-order valence-corrected chi connectivity index (χ0v) is 11.2. The predicted molar refractivity (Wildman–Crippen MR) is 76.4 cm³/mol. The molecular formula is C14H15N3O4. The first-order valence-electron chi connectivity index (χ1n) is 6.31. The number of hydrogen-bond donors (Lipinski definition) is 3. The van der Waals surface area contributed by atoms with E-state index < -0.39 is 24.5 Å². The van der Waals surface area contributed by atoms with Crippen LogP contribution in [-0.2, 0) is 20.8 Å². The van der Waals surface area contributed by atoms with Crippen LogP contribution in [0.15, 0.2) is 30.5 Å². The van der Waals surface area contributed by atoms with Gasteiger partial charge in [0.15, 0.2) is 0 Å². The Morgan fingerprint density at radius 2 is 2.10 bits per heavy atom. The van der Waals surface area contributed by atoms with Crippen LogP contribution in [0, 0.1) is 0 Å². The van der Waals surface area contributed by atoms with E-state index in [1.54, 1.807) is 12.3 Å². The lowest BCUT2D eigenvalue weighted by atomic mass is 10.1. The third kappa shape index (κ3) is 3.26. The van der Waals surface area contributed by atoms with Crippen molar-refractivity contribution >= 4 is 29.2 Å². The number of rotatable bonds is 6. The number of hydrogen-bond acceptors (Lipinski definition) is 4. The molecule has 0 spiro atoms. The second kappa shape index (κ2) is 6.19. The van der Waals surface area contributed by atoms with Gasteiger partial charge in [-0.15, -0.1) is 0 Å². The van der Waals surface area contributed by atoms with Crippen molar-refractivity contribution in [3.05, 3.63) is 36.0 Å². The Labute approximate surface area is 120 Å². The number of benzene rings is 1. The van der Waals surface area contributed by atoms with Crippen LogP contribution in [-0.4, -0.2) is 40.5 Å². The van der Waals surface area contributed by atoms with Crippen molar-refractivity contribution < 1.29 is 19.5 Å². The van der Waals surface area contributed by atoms with Crippen molar-refractivity contribution in [1.82, 2.24) is 9.88 Å². The van der Waals surface area contributed by atoms with Gasteiger partial charge in [-0.2, -0.15) is 0 Å². The summed E-state index contributed by atoms with van der Waals surface area (Å²) in [5.74, 6) is -1.67. The lowest BCUT2D eigenvalue weighted by Crippen LogP contribution is -2.43. The van der Waals surface area contributed by atoms with Crippen molar-refractivity contribution in [3.63, 3.8) is 0 Å². The van der Waals surface area contributed by atoms with Gasteiger partial charge in [-0.25, -0.2) is 0 Å². The summed E-state index contributed by atoms with van der Waals surface area (Å²) in [6.07, 6.45) is 2.52. The minimum atomic E-state index is -1.13. The van der Waals surface area contributed by atoms with E-state index in [4.69, 9.17) is 10.8 Å². The van der Waals surface area contributed by atoms with Crippen molar-refractivity contribution in [2.24, 2.45) is 5.73 Å². The Kier molecular flexibility index (Phi) is 4.34. The molecule has 1 atom stereocenters. The molecule has 2 rings (SSSR count). The normalized spacial score (nSPS) is 12.0. The van der Waals surface area contributed by atoms with Crippen LogP contribution in [0.3, 0.4) is 0 Å². The highest BCUT2D eigenvalue weighted by Crippen LogP contribution is 2.21. The number of amides is 1. The van der Waals surface area contributed by atoms with Crippen LogP contribution in [0.25, 0.3) is 10.9 Å². The van der Waals surface area contributed by atoms with E-state index >= 15 is 0 Å². The standard InChI is InChI=1S/C14H15N3O4/c15-11(14(21)16-6-13(19)20)5-9-7-17(8-18)12-4-2-1-3-10(9)12/h1-4,7-8,11H,5-6,15H2,(H,16,21)(H,19,20)/t11-/m0/s1. The highest BCUT2D eigenvalue weighted by molar-refractivity contribution is 5.90. The maximum atomic E-state index is 11.7. The van der Waals surface area contributed by atoms with E-state index in [9.17, 15) is 14.4 Å². The van der Waals surface area contributed by atoms with E-state index in [2.05, 4.69) is 5.32 Å². The Morgan fingerprint density at radius 1 is 1.38 bits per heavy atom. The van der Waals surface area contributed by atoms with Gasteiger partial charge in [-0.05, 0) is 18.1 Å². The molecule has 7 heteroatoms. The van der Waals surface area contributed by atoms with Gasteiger partial charge in [0.25, 0.3) is 0 Å². The number of nitrogens with one attached hydrogen (secondary N) is 1. The van der Waals surface area contributed by atoms with Gasteiger partial charge in [-0.1, -0.05) is 18.2 Å². The molecule has 0 unspecified atom stereocenters. The molecule has 110 valence electrons. The molecule has 1 aromatic heterocycles. The number of aromatic nitrogens is 1. The van der Waals surface area contributed by atoms with Gasteiger partial charge in [0.1, 0.15) is 6.54 Å². The molecule has 0 aliphatic rings. The van der Waals surface area contributed by atoms with Crippen LogP contribution in [0.5, 0.6) is 0 Å².